The predicted molar refractivity (Wildman–Crippen MR) is 79.5 cm³/mol. The molecular formula is C15H20N2OS. The largest absolute Gasteiger partial charge is 0.373 e. The van der Waals surface area contributed by atoms with Crippen molar-refractivity contribution >= 4 is 22.8 Å². The molecule has 0 bridgehead atoms. The highest BCUT2D eigenvalue weighted by molar-refractivity contribution is 7.98. The summed E-state index contributed by atoms with van der Waals surface area (Å²) in [5, 5.41) is 0. The fourth-order valence-electron chi connectivity index (χ4n) is 2.22. The van der Waals surface area contributed by atoms with Crippen LogP contribution in [-0.2, 0) is 18.4 Å². The number of aromatic nitrogens is 2. The minimum atomic E-state index is 0.441. The average Bonchev–Trinajstić information content (AvgIpc) is 3.06. The van der Waals surface area contributed by atoms with Crippen LogP contribution in [0, 0.1) is 5.41 Å². The van der Waals surface area contributed by atoms with Crippen molar-refractivity contribution in [1.82, 2.24) is 9.55 Å². The van der Waals surface area contributed by atoms with Crippen molar-refractivity contribution in [2.24, 2.45) is 12.5 Å². The first-order valence-corrected chi connectivity index (χ1v) is 7.91. The molecule has 1 aliphatic rings. The number of hydrogen-bond donors (Lipinski definition) is 0. The molecule has 3 rings (SSSR count). The lowest BCUT2D eigenvalue weighted by Gasteiger charge is -2.09. The van der Waals surface area contributed by atoms with Crippen LogP contribution in [0.25, 0.3) is 11.0 Å². The van der Waals surface area contributed by atoms with Gasteiger partial charge in [-0.1, -0.05) is 6.92 Å². The molecule has 1 saturated carbocycles. The third-order valence-electron chi connectivity index (χ3n) is 3.97. The van der Waals surface area contributed by atoms with Crippen molar-refractivity contribution in [3.05, 3.63) is 24.0 Å². The molecule has 1 aliphatic carbocycles. The smallest absolute Gasteiger partial charge is 0.135 e. The molecule has 0 unspecified atom stereocenters. The maximum absolute atomic E-state index is 5.83. The highest BCUT2D eigenvalue weighted by atomic mass is 32.2. The first-order valence-electron chi connectivity index (χ1n) is 6.68. The quantitative estimate of drug-likeness (QED) is 0.781. The highest BCUT2D eigenvalue weighted by Gasteiger charge is 2.37. The second-order valence-electron chi connectivity index (χ2n) is 5.75. The van der Waals surface area contributed by atoms with Gasteiger partial charge in [-0.3, -0.25) is 0 Å². The minimum absolute atomic E-state index is 0.441. The van der Waals surface area contributed by atoms with Crippen LogP contribution >= 0.6 is 11.8 Å². The number of ether oxygens (including phenoxy) is 1. The van der Waals surface area contributed by atoms with E-state index in [1.807, 2.05) is 0 Å². The number of rotatable bonds is 5. The zero-order valence-electron chi connectivity index (χ0n) is 11.8. The number of imidazole rings is 1. The molecule has 0 spiro atoms. The van der Waals surface area contributed by atoms with Gasteiger partial charge in [0.05, 0.1) is 17.6 Å². The SMILES string of the molecule is CSc1ccc2nc(COCC3(C)CC3)n(C)c2c1. The van der Waals surface area contributed by atoms with Gasteiger partial charge in [0, 0.05) is 11.9 Å². The van der Waals surface area contributed by atoms with Gasteiger partial charge >= 0.3 is 0 Å². The van der Waals surface area contributed by atoms with E-state index in [9.17, 15) is 0 Å². The van der Waals surface area contributed by atoms with E-state index in [2.05, 4.69) is 48.0 Å². The number of aryl methyl sites for hydroxylation is 1. The van der Waals surface area contributed by atoms with Crippen LogP contribution in [0.1, 0.15) is 25.6 Å². The summed E-state index contributed by atoms with van der Waals surface area (Å²) in [6.45, 7) is 3.74. The third kappa shape index (κ3) is 2.65. The molecule has 1 aromatic carbocycles. The molecule has 0 saturated heterocycles. The topological polar surface area (TPSA) is 27.1 Å². The Morgan fingerprint density at radius 3 is 2.89 bits per heavy atom. The van der Waals surface area contributed by atoms with Crippen molar-refractivity contribution in [3.63, 3.8) is 0 Å². The number of nitrogens with zero attached hydrogens (tertiary/aromatic N) is 2. The lowest BCUT2D eigenvalue weighted by molar-refractivity contribution is 0.0786. The molecule has 0 aliphatic heterocycles. The zero-order valence-corrected chi connectivity index (χ0v) is 12.6. The van der Waals surface area contributed by atoms with E-state index in [0.29, 0.717) is 12.0 Å². The van der Waals surface area contributed by atoms with Gasteiger partial charge in [-0.15, -0.1) is 11.8 Å². The maximum atomic E-state index is 5.83. The Morgan fingerprint density at radius 1 is 1.42 bits per heavy atom. The van der Waals surface area contributed by atoms with Gasteiger partial charge in [-0.2, -0.15) is 0 Å². The molecule has 1 heterocycles. The van der Waals surface area contributed by atoms with Gasteiger partial charge in [0.2, 0.25) is 0 Å². The minimum Gasteiger partial charge on any atom is -0.373 e. The first-order chi connectivity index (χ1) is 9.11. The molecule has 1 fully saturated rings. The molecule has 3 nitrogen and oxygen atoms in total. The monoisotopic (exact) mass is 276 g/mol. The molecule has 0 amide bonds. The molecule has 102 valence electrons. The standard InChI is InChI=1S/C15H20N2OS/c1-15(6-7-15)10-18-9-14-16-12-5-4-11(19-3)8-13(12)17(14)2/h4-5,8H,6-7,9-10H2,1-3H3. The normalized spacial score (nSPS) is 17.0. The van der Waals surface area contributed by atoms with E-state index in [-0.39, 0.29) is 0 Å². The van der Waals surface area contributed by atoms with E-state index < -0.39 is 0 Å². The summed E-state index contributed by atoms with van der Waals surface area (Å²) in [4.78, 5) is 5.93. The van der Waals surface area contributed by atoms with E-state index in [4.69, 9.17) is 4.74 Å². The third-order valence-corrected chi connectivity index (χ3v) is 4.69. The lowest BCUT2D eigenvalue weighted by Crippen LogP contribution is -2.08. The summed E-state index contributed by atoms with van der Waals surface area (Å²) in [6, 6.07) is 6.40. The molecule has 0 N–H and O–H groups in total. The summed E-state index contributed by atoms with van der Waals surface area (Å²) in [5.41, 5.74) is 2.68. The van der Waals surface area contributed by atoms with Crippen LogP contribution in [0.4, 0.5) is 0 Å². The van der Waals surface area contributed by atoms with Gasteiger partial charge in [-0.05, 0) is 42.7 Å². The summed E-state index contributed by atoms with van der Waals surface area (Å²) in [6.07, 6.45) is 4.69. The average molecular weight is 276 g/mol. The van der Waals surface area contributed by atoms with E-state index >= 15 is 0 Å². The van der Waals surface area contributed by atoms with Gasteiger partial charge in [0.15, 0.2) is 0 Å². The molecule has 2 aromatic rings. The Labute approximate surface area is 118 Å². The van der Waals surface area contributed by atoms with Gasteiger partial charge in [0.1, 0.15) is 12.4 Å². The first kappa shape index (κ1) is 13.0. The van der Waals surface area contributed by atoms with Crippen molar-refractivity contribution in [2.75, 3.05) is 12.9 Å². The second kappa shape index (κ2) is 4.84. The number of benzene rings is 1. The van der Waals surface area contributed by atoms with Crippen molar-refractivity contribution in [2.45, 2.75) is 31.3 Å². The number of hydrogen-bond acceptors (Lipinski definition) is 3. The molecule has 19 heavy (non-hydrogen) atoms. The van der Waals surface area contributed by atoms with Gasteiger partial charge < -0.3 is 9.30 Å². The Balaban J connectivity index is 1.77. The Bertz CT molecular complexity index is 601. The fraction of sp³-hybridized carbons (Fsp3) is 0.533. The van der Waals surface area contributed by atoms with Crippen molar-refractivity contribution in [3.8, 4) is 0 Å². The van der Waals surface area contributed by atoms with Crippen LogP contribution in [0.5, 0.6) is 0 Å². The summed E-state index contributed by atoms with van der Waals surface area (Å²) >= 11 is 1.76. The van der Waals surface area contributed by atoms with Crippen LogP contribution in [-0.4, -0.2) is 22.4 Å². The van der Waals surface area contributed by atoms with Crippen LogP contribution in [0.3, 0.4) is 0 Å². The zero-order chi connectivity index (χ0) is 13.5. The van der Waals surface area contributed by atoms with E-state index in [1.165, 1.54) is 23.3 Å². The van der Waals surface area contributed by atoms with Crippen molar-refractivity contribution in [1.29, 1.82) is 0 Å². The van der Waals surface area contributed by atoms with E-state index in [0.717, 1.165) is 17.9 Å². The van der Waals surface area contributed by atoms with E-state index in [1.54, 1.807) is 11.8 Å². The summed E-state index contributed by atoms with van der Waals surface area (Å²) < 4.78 is 7.97. The van der Waals surface area contributed by atoms with Crippen LogP contribution in [0.2, 0.25) is 0 Å². The molecule has 4 heteroatoms. The molecule has 0 radical (unpaired) electrons. The van der Waals surface area contributed by atoms with Gasteiger partial charge in [-0.25, -0.2) is 4.98 Å². The maximum Gasteiger partial charge on any atom is 0.135 e. The molecular weight excluding hydrogens is 256 g/mol. The second-order valence-corrected chi connectivity index (χ2v) is 6.62. The Hall–Kier alpha value is -1.00. The lowest BCUT2D eigenvalue weighted by atomic mass is 10.2. The number of thioether (sulfide) groups is 1. The van der Waals surface area contributed by atoms with Gasteiger partial charge in [0.25, 0.3) is 0 Å². The molecule has 0 atom stereocenters. The fourth-order valence-corrected chi connectivity index (χ4v) is 2.66. The highest BCUT2D eigenvalue weighted by Crippen LogP contribution is 2.45. The number of fused-ring (bicyclic) bond motifs is 1. The molecule has 1 aromatic heterocycles. The summed E-state index contributed by atoms with van der Waals surface area (Å²) in [5.74, 6) is 1.01. The van der Waals surface area contributed by atoms with Crippen LogP contribution in [0.15, 0.2) is 23.1 Å². The Kier molecular flexibility index (Phi) is 3.31. The Morgan fingerprint density at radius 2 is 2.21 bits per heavy atom. The van der Waals surface area contributed by atoms with Crippen molar-refractivity contribution < 1.29 is 4.74 Å². The predicted octanol–water partition coefficient (Wildman–Crippen LogP) is 3.61. The summed E-state index contributed by atoms with van der Waals surface area (Å²) in [7, 11) is 2.07. The van der Waals surface area contributed by atoms with Crippen LogP contribution < -0.4 is 0 Å².